The monoisotopic (exact) mass is 489 g/mol. The molecule has 2 aromatic carbocycles. The summed E-state index contributed by atoms with van der Waals surface area (Å²) in [7, 11) is 0. The van der Waals surface area contributed by atoms with Crippen LogP contribution in [0.25, 0.3) is 16.9 Å². The number of nitrogens with zero attached hydrogens (tertiary/aromatic N) is 4. The van der Waals surface area contributed by atoms with Gasteiger partial charge in [-0.2, -0.15) is 13.2 Å². The molecule has 3 aromatic heterocycles. The van der Waals surface area contributed by atoms with Crippen molar-refractivity contribution < 1.29 is 22.7 Å². The number of halogens is 3. The Bertz CT molecular complexity index is 1500. The Morgan fingerprint density at radius 1 is 0.917 bits per heavy atom. The number of aromatic nitrogens is 4. The van der Waals surface area contributed by atoms with E-state index in [1.165, 1.54) is 18.5 Å². The average Bonchev–Trinajstić information content (AvgIpc) is 3.31. The number of nitrogens with one attached hydrogen (secondary N) is 1. The van der Waals surface area contributed by atoms with Crippen molar-refractivity contribution in [2.75, 3.05) is 5.32 Å². The first kappa shape index (κ1) is 23.0. The number of hydrogen-bond acceptors (Lipinski definition) is 5. The molecule has 0 aliphatic carbocycles. The molecule has 0 radical (unpaired) electrons. The molecule has 0 bridgehead atoms. The number of carbonyl (C=O) groups is 1. The first-order valence-corrected chi connectivity index (χ1v) is 10.8. The Kier molecular flexibility index (Phi) is 6.07. The van der Waals surface area contributed by atoms with E-state index in [4.69, 9.17) is 4.74 Å². The van der Waals surface area contributed by atoms with E-state index in [-0.39, 0.29) is 12.3 Å². The largest absolute Gasteiger partial charge is 0.438 e. The summed E-state index contributed by atoms with van der Waals surface area (Å²) in [6, 6.07) is 18.6. The Morgan fingerprint density at radius 2 is 1.69 bits per heavy atom. The van der Waals surface area contributed by atoms with Gasteiger partial charge in [-0.3, -0.25) is 9.36 Å². The van der Waals surface area contributed by atoms with Crippen LogP contribution in [0.15, 0.2) is 91.5 Å². The maximum absolute atomic E-state index is 12.7. The van der Waals surface area contributed by atoms with Gasteiger partial charge in [0.15, 0.2) is 5.65 Å². The number of pyridine rings is 1. The fourth-order valence-electron chi connectivity index (χ4n) is 3.61. The molecular weight excluding hydrogens is 471 g/mol. The highest BCUT2D eigenvalue weighted by molar-refractivity contribution is 5.92. The van der Waals surface area contributed by atoms with Crippen LogP contribution >= 0.6 is 0 Å². The summed E-state index contributed by atoms with van der Waals surface area (Å²) in [6.07, 6.45) is 0.480. The number of carbonyl (C=O) groups excluding carboxylic acids is 1. The van der Waals surface area contributed by atoms with E-state index in [0.717, 1.165) is 12.1 Å². The van der Waals surface area contributed by atoms with Crippen molar-refractivity contribution in [3.8, 4) is 17.4 Å². The highest BCUT2D eigenvalue weighted by Crippen LogP contribution is 2.30. The van der Waals surface area contributed by atoms with Gasteiger partial charge in [0, 0.05) is 18.1 Å². The van der Waals surface area contributed by atoms with Gasteiger partial charge in [0.25, 0.3) is 0 Å². The third-order valence-electron chi connectivity index (χ3n) is 5.34. The minimum atomic E-state index is -4.41. The van der Waals surface area contributed by atoms with Crippen LogP contribution in [0, 0.1) is 0 Å². The molecule has 0 saturated heterocycles. The maximum Gasteiger partial charge on any atom is 0.416 e. The van der Waals surface area contributed by atoms with Crippen molar-refractivity contribution in [1.29, 1.82) is 0 Å². The van der Waals surface area contributed by atoms with Gasteiger partial charge in [-0.05, 0) is 60.2 Å². The molecule has 0 aliphatic rings. The first-order valence-electron chi connectivity index (χ1n) is 10.8. The SMILES string of the molecule is O=C(Cc1ccc(C(F)(F)F)cc1)Nc1ccc(Oc2ncnc3c2ccn3-c2ccccn2)cc1. The molecule has 36 heavy (non-hydrogen) atoms. The Hall–Kier alpha value is -4.73. The maximum atomic E-state index is 12.7. The van der Waals surface area contributed by atoms with Crippen LogP contribution in [0.3, 0.4) is 0 Å². The highest BCUT2D eigenvalue weighted by Gasteiger charge is 2.30. The van der Waals surface area contributed by atoms with Crippen LogP contribution in [0.1, 0.15) is 11.1 Å². The number of rotatable bonds is 6. The Morgan fingerprint density at radius 3 is 2.39 bits per heavy atom. The molecule has 0 unspecified atom stereocenters. The van der Waals surface area contributed by atoms with Crippen LogP contribution in [-0.4, -0.2) is 25.4 Å². The van der Waals surface area contributed by atoms with Crippen molar-refractivity contribution in [2.24, 2.45) is 0 Å². The van der Waals surface area contributed by atoms with Crippen LogP contribution in [0.4, 0.5) is 18.9 Å². The van der Waals surface area contributed by atoms with Gasteiger partial charge in [-0.25, -0.2) is 15.0 Å². The van der Waals surface area contributed by atoms with Gasteiger partial charge in [0.2, 0.25) is 11.8 Å². The molecule has 0 spiro atoms. The smallest absolute Gasteiger partial charge is 0.416 e. The molecule has 180 valence electrons. The van der Waals surface area contributed by atoms with Crippen LogP contribution < -0.4 is 10.1 Å². The summed E-state index contributed by atoms with van der Waals surface area (Å²) in [5.74, 6) is 1.24. The normalized spacial score (nSPS) is 11.4. The summed E-state index contributed by atoms with van der Waals surface area (Å²) in [4.78, 5) is 25.2. The van der Waals surface area contributed by atoms with E-state index in [1.807, 2.05) is 35.0 Å². The van der Waals surface area contributed by atoms with E-state index in [1.54, 1.807) is 30.5 Å². The summed E-state index contributed by atoms with van der Waals surface area (Å²) in [5, 5.41) is 3.43. The molecule has 10 heteroatoms. The molecule has 5 rings (SSSR count). The Labute approximate surface area is 203 Å². The second-order valence-electron chi connectivity index (χ2n) is 7.84. The number of anilines is 1. The van der Waals surface area contributed by atoms with Crippen molar-refractivity contribution in [3.63, 3.8) is 0 Å². The van der Waals surface area contributed by atoms with Gasteiger partial charge >= 0.3 is 6.18 Å². The van der Waals surface area contributed by atoms with E-state index in [0.29, 0.717) is 39.7 Å². The average molecular weight is 489 g/mol. The van der Waals surface area contributed by atoms with Gasteiger partial charge < -0.3 is 10.1 Å². The van der Waals surface area contributed by atoms with Crippen LogP contribution in [0.5, 0.6) is 11.6 Å². The standard InChI is InChI=1S/C26H18F3N5O2/c27-26(28,29)18-6-4-17(5-7-18)15-23(35)33-19-8-10-20(11-9-19)36-25-21-12-14-34(24(21)31-16-32-25)22-3-1-2-13-30-22/h1-14,16H,15H2,(H,33,35). The second-order valence-corrected chi connectivity index (χ2v) is 7.84. The topological polar surface area (TPSA) is 81.9 Å². The molecule has 3 heterocycles. The molecule has 0 fully saturated rings. The lowest BCUT2D eigenvalue weighted by Crippen LogP contribution is -2.14. The molecule has 0 aliphatic heterocycles. The zero-order chi connectivity index (χ0) is 25.1. The molecular formula is C26H18F3N5O2. The number of fused-ring (bicyclic) bond motifs is 1. The molecule has 5 aromatic rings. The molecule has 1 N–H and O–H groups in total. The van der Waals surface area contributed by atoms with Crippen LogP contribution in [0.2, 0.25) is 0 Å². The predicted molar refractivity (Wildman–Crippen MR) is 127 cm³/mol. The van der Waals surface area contributed by atoms with Gasteiger partial charge in [-0.15, -0.1) is 0 Å². The van der Waals surface area contributed by atoms with E-state index >= 15 is 0 Å². The van der Waals surface area contributed by atoms with Gasteiger partial charge in [-0.1, -0.05) is 18.2 Å². The summed E-state index contributed by atoms with van der Waals surface area (Å²) >= 11 is 0. The van der Waals surface area contributed by atoms with Crippen molar-refractivity contribution in [3.05, 3.63) is 103 Å². The quantitative estimate of drug-likeness (QED) is 0.326. The zero-order valence-electron chi connectivity index (χ0n) is 18.6. The number of benzene rings is 2. The Balaban J connectivity index is 1.25. The third-order valence-corrected chi connectivity index (χ3v) is 5.34. The van der Waals surface area contributed by atoms with Crippen molar-refractivity contribution in [2.45, 2.75) is 12.6 Å². The second kappa shape index (κ2) is 9.49. The molecule has 0 saturated carbocycles. The fraction of sp³-hybridized carbons (Fsp3) is 0.0769. The number of amides is 1. The molecule has 1 amide bonds. The summed E-state index contributed by atoms with van der Waals surface area (Å²) in [5.41, 5.74) is 0.890. The minimum Gasteiger partial charge on any atom is -0.438 e. The predicted octanol–water partition coefficient (Wildman–Crippen LogP) is 5.81. The highest BCUT2D eigenvalue weighted by atomic mass is 19.4. The zero-order valence-corrected chi connectivity index (χ0v) is 18.6. The number of hydrogen-bond donors (Lipinski definition) is 1. The lowest BCUT2D eigenvalue weighted by molar-refractivity contribution is -0.137. The van der Waals surface area contributed by atoms with E-state index in [9.17, 15) is 18.0 Å². The molecule has 7 nitrogen and oxygen atoms in total. The fourth-order valence-corrected chi connectivity index (χ4v) is 3.61. The number of ether oxygens (including phenoxy) is 1. The third kappa shape index (κ3) is 5.02. The van der Waals surface area contributed by atoms with Gasteiger partial charge in [0.1, 0.15) is 17.9 Å². The first-order chi connectivity index (χ1) is 17.4. The van der Waals surface area contributed by atoms with E-state index in [2.05, 4.69) is 20.3 Å². The lowest BCUT2D eigenvalue weighted by atomic mass is 10.1. The minimum absolute atomic E-state index is 0.0530. The van der Waals surface area contributed by atoms with E-state index < -0.39 is 11.7 Å². The van der Waals surface area contributed by atoms with Crippen molar-refractivity contribution in [1.82, 2.24) is 19.5 Å². The lowest BCUT2D eigenvalue weighted by Gasteiger charge is -2.09. The van der Waals surface area contributed by atoms with Crippen molar-refractivity contribution >= 4 is 22.6 Å². The number of alkyl halides is 3. The van der Waals surface area contributed by atoms with Crippen LogP contribution in [-0.2, 0) is 17.4 Å². The summed E-state index contributed by atoms with van der Waals surface area (Å²) < 4.78 is 45.8. The molecule has 0 atom stereocenters. The van der Waals surface area contributed by atoms with Gasteiger partial charge in [0.05, 0.1) is 17.4 Å². The summed E-state index contributed by atoms with van der Waals surface area (Å²) in [6.45, 7) is 0.